The maximum Gasteiger partial charge on any atom is 0.350 e. The maximum atomic E-state index is 12.8. The first-order valence-electron chi connectivity index (χ1n) is 10.4. The van der Waals surface area contributed by atoms with Crippen molar-refractivity contribution in [2.45, 2.75) is 32.7 Å². The summed E-state index contributed by atoms with van der Waals surface area (Å²) in [5.41, 5.74) is 1.37. The van der Waals surface area contributed by atoms with E-state index in [1.807, 2.05) is 42.2 Å². The molecule has 1 atom stereocenters. The Bertz CT molecular complexity index is 1020. The standard InChI is InChI=1S/C22H28N2O5S2/c1-3-11-24(17-10-12-31(27,28)15-17)14-20(25)23-18-13-19(16-8-6-5-7-9-16)30-21(18)22(26)29-4-2/h5-9,13,17H,3-4,10-12,14-15H2,1-2H3,(H,23,25). The second-order valence-electron chi connectivity index (χ2n) is 7.52. The normalized spacial score (nSPS) is 17.6. The molecular weight excluding hydrogens is 436 g/mol. The number of carbonyl (C=O) groups is 2. The van der Waals surface area contributed by atoms with Crippen LogP contribution in [-0.4, -0.2) is 62.4 Å². The smallest absolute Gasteiger partial charge is 0.350 e. The van der Waals surface area contributed by atoms with Gasteiger partial charge in [-0.05, 0) is 37.9 Å². The molecule has 1 aromatic carbocycles. The Morgan fingerprint density at radius 1 is 1.23 bits per heavy atom. The van der Waals surface area contributed by atoms with Gasteiger partial charge in [0.1, 0.15) is 4.88 Å². The predicted octanol–water partition coefficient (Wildman–Crippen LogP) is 3.43. The first-order chi connectivity index (χ1) is 14.8. The van der Waals surface area contributed by atoms with Gasteiger partial charge < -0.3 is 10.1 Å². The predicted molar refractivity (Wildman–Crippen MR) is 123 cm³/mol. The third kappa shape index (κ3) is 6.15. The number of thiophene rings is 1. The van der Waals surface area contributed by atoms with Crippen molar-refractivity contribution in [3.8, 4) is 10.4 Å². The second-order valence-corrected chi connectivity index (χ2v) is 10.8. The van der Waals surface area contributed by atoms with Gasteiger partial charge in [-0.15, -0.1) is 11.3 Å². The fraction of sp³-hybridized carbons (Fsp3) is 0.455. The van der Waals surface area contributed by atoms with Gasteiger partial charge >= 0.3 is 5.97 Å². The van der Waals surface area contributed by atoms with E-state index in [-0.39, 0.29) is 36.6 Å². The van der Waals surface area contributed by atoms with Gasteiger partial charge in [0.15, 0.2) is 9.84 Å². The molecule has 2 heterocycles. The average molecular weight is 465 g/mol. The summed E-state index contributed by atoms with van der Waals surface area (Å²) in [6.45, 7) is 4.69. The molecule has 0 radical (unpaired) electrons. The Morgan fingerprint density at radius 3 is 2.58 bits per heavy atom. The van der Waals surface area contributed by atoms with Crippen LogP contribution in [-0.2, 0) is 19.4 Å². The van der Waals surface area contributed by atoms with Gasteiger partial charge in [0.2, 0.25) is 5.91 Å². The average Bonchev–Trinajstić information content (AvgIpc) is 3.31. The number of nitrogens with zero attached hydrogens (tertiary/aromatic N) is 1. The van der Waals surface area contributed by atoms with Gasteiger partial charge in [-0.3, -0.25) is 9.69 Å². The number of hydrogen-bond donors (Lipinski definition) is 1. The molecule has 1 aliphatic heterocycles. The summed E-state index contributed by atoms with van der Waals surface area (Å²) in [6, 6.07) is 11.3. The lowest BCUT2D eigenvalue weighted by atomic mass is 10.2. The zero-order valence-corrected chi connectivity index (χ0v) is 19.4. The highest BCUT2D eigenvalue weighted by atomic mass is 32.2. The van der Waals surface area contributed by atoms with Crippen molar-refractivity contribution in [3.63, 3.8) is 0 Å². The van der Waals surface area contributed by atoms with Crippen molar-refractivity contribution >= 4 is 38.7 Å². The van der Waals surface area contributed by atoms with Crippen LogP contribution in [0.1, 0.15) is 36.4 Å². The largest absolute Gasteiger partial charge is 0.462 e. The van der Waals surface area contributed by atoms with Crippen molar-refractivity contribution in [1.29, 1.82) is 0 Å². The highest BCUT2D eigenvalue weighted by Gasteiger charge is 2.33. The van der Waals surface area contributed by atoms with Crippen LogP contribution in [0.5, 0.6) is 0 Å². The van der Waals surface area contributed by atoms with Gasteiger partial charge in [0.05, 0.1) is 30.3 Å². The van der Waals surface area contributed by atoms with Crippen LogP contribution < -0.4 is 5.32 Å². The molecule has 31 heavy (non-hydrogen) atoms. The van der Waals surface area contributed by atoms with Crippen molar-refractivity contribution in [2.24, 2.45) is 0 Å². The molecule has 168 valence electrons. The number of anilines is 1. The number of nitrogens with one attached hydrogen (secondary N) is 1. The van der Waals surface area contributed by atoms with E-state index in [9.17, 15) is 18.0 Å². The summed E-state index contributed by atoms with van der Waals surface area (Å²) in [4.78, 5) is 28.4. The van der Waals surface area contributed by atoms with E-state index in [0.717, 1.165) is 16.9 Å². The zero-order chi connectivity index (χ0) is 22.4. The molecule has 1 saturated heterocycles. The van der Waals surface area contributed by atoms with E-state index in [4.69, 9.17) is 4.74 Å². The molecule has 1 N–H and O–H groups in total. The van der Waals surface area contributed by atoms with Crippen LogP contribution in [0.25, 0.3) is 10.4 Å². The second kappa shape index (κ2) is 10.4. The fourth-order valence-electron chi connectivity index (χ4n) is 3.69. The van der Waals surface area contributed by atoms with Crippen molar-refractivity contribution < 1.29 is 22.7 Å². The molecule has 9 heteroatoms. The van der Waals surface area contributed by atoms with Crippen LogP contribution in [0, 0.1) is 0 Å². The molecule has 1 amide bonds. The molecule has 0 saturated carbocycles. The summed E-state index contributed by atoms with van der Waals surface area (Å²) in [7, 11) is -3.04. The number of benzene rings is 1. The topological polar surface area (TPSA) is 92.8 Å². The number of hydrogen-bond acceptors (Lipinski definition) is 7. The van der Waals surface area contributed by atoms with E-state index in [0.29, 0.717) is 23.5 Å². The fourth-order valence-corrected chi connectivity index (χ4v) is 6.47. The summed E-state index contributed by atoms with van der Waals surface area (Å²) >= 11 is 1.27. The summed E-state index contributed by atoms with van der Waals surface area (Å²) < 4.78 is 28.9. The molecule has 7 nitrogen and oxygen atoms in total. The minimum atomic E-state index is -3.04. The number of sulfone groups is 1. The van der Waals surface area contributed by atoms with E-state index in [1.165, 1.54) is 11.3 Å². The highest BCUT2D eigenvalue weighted by molar-refractivity contribution is 7.91. The molecular formula is C22H28N2O5S2. The Morgan fingerprint density at radius 2 is 1.97 bits per heavy atom. The lowest BCUT2D eigenvalue weighted by molar-refractivity contribution is -0.117. The van der Waals surface area contributed by atoms with Crippen molar-refractivity contribution in [3.05, 3.63) is 41.3 Å². The molecule has 2 aromatic rings. The Labute approximate surface area is 187 Å². The van der Waals surface area contributed by atoms with Gasteiger partial charge in [0.25, 0.3) is 0 Å². The Hall–Kier alpha value is -2.23. The monoisotopic (exact) mass is 464 g/mol. The first kappa shape index (κ1) is 23.4. The SMILES string of the molecule is CCCN(CC(=O)Nc1cc(-c2ccccc2)sc1C(=O)OCC)C1CCS(=O)(=O)C1. The third-order valence-corrected chi connectivity index (χ3v) is 8.02. The molecule has 0 aliphatic carbocycles. The molecule has 1 fully saturated rings. The van der Waals surface area contributed by atoms with Crippen LogP contribution in [0.15, 0.2) is 36.4 Å². The first-order valence-corrected chi connectivity index (χ1v) is 13.1. The molecule has 1 aromatic heterocycles. The van der Waals surface area contributed by atoms with Crippen LogP contribution in [0.3, 0.4) is 0 Å². The minimum Gasteiger partial charge on any atom is -0.462 e. The van der Waals surface area contributed by atoms with Gasteiger partial charge in [-0.25, -0.2) is 13.2 Å². The van der Waals surface area contributed by atoms with Crippen molar-refractivity contribution in [1.82, 2.24) is 4.90 Å². The van der Waals surface area contributed by atoms with Crippen LogP contribution >= 0.6 is 11.3 Å². The van der Waals surface area contributed by atoms with E-state index < -0.39 is 15.8 Å². The maximum absolute atomic E-state index is 12.8. The quantitative estimate of drug-likeness (QED) is 0.572. The van der Waals surface area contributed by atoms with E-state index in [1.54, 1.807) is 13.0 Å². The van der Waals surface area contributed by atoms with Gasteiger partial charge in [-0.1, -0.05) is 37.3 Å². The number of carbonyl (C=O) groups excluding carboxylic acids is 2. The van der Waals surface area contributed by atoms with Crippen LogP contribution in [0.2, 0.25) is 0 Å². The number of rotatable bonds is 9. The summed E-state index contributed by atoms with van der Waals surface area (Å²) in [6.07, 6.45) is 1.36. The lowest BCUT2D eigenvalue weighted by Gasteiger charge is -2.26. The molecule has 0 spiro atoms. The Kier molecular flexibility index (Phi) is 7.85. The lowest BCUT2D eigenvalue weighted by Crippen LogP contribution is -2.42. The van der Waals surface area contributed by atoms with Gasteiger partial charge in [-0.2, -0.15) is 0 Å². The Balaban J connectivity index is 1.78. The third-order valence-electron chi connectivity index (χ3n) is 5.11. The van der Waals surface area contributed by atoms with Crippen molar-refractivity contribution in [2.75, 3.05) is 36.5 Å². The number of amides is 1. The zero-order valence-electron chi connectivity index (χ0n) is 17.8. The molecule has 0 bridgehead atoms. The molecule has 3 rings (SSSR count). The molecule has 1 aliphatic rings. The molecule has 1 unspecified atom stereocenters. The number of esters is 1. The number of ether oxygens (including phenoxy) is 1. The van der Waals surface area contributed by atoms with E-state index >= 15 is 0 Å². The summed E-state index contributed by atoms with van der Waals surface area (Å²) in [5, 5.41) is 2.85. The van der Waals surface area contributed by atoms with E-state index in [2.05, 4.69) is 5.32 Å². The van der Waals surface area contributed by atoms with Crippen LogP contribution in [0.4, 0.5) is 5.69 Å². The van der Waals surface area contributed by atoms with Gasteiger partial charge in [0, 0.05) is 10.9 Å². The minimum absolute atomic E-state index is 0.0762. The summed E-state index contributed by atoms with van der Waals surface area (Å²) in [5.74, 6) is -0.499. The highest BCUT2D eigenvalue weighted by Crippen LogP contribution is 2.35.